The van der Waals surface area contributed by atoms with Crippen LogP contribution < -0.4 is 10.6 Å². The molecular weight excluding hydrogens is 164 g/mol. The molecule has 0 bridgehead atoms. The first-order valence-corrected chi connectivity index (χ1v) is 4.59. The van der Waals surface area contributed by atoms with Gasteiger partial charge in [-0.2, -0.15) is 4.98 Å². The van der Waals surface area contributed by atoms with Gasteiger partial charge in [0.25, 0.3) is 0 Å². The highest BCUT2D eigenvalue weighted by atomic mass is 15.2. The first kappa shape index (κ1) is 8.29. The van der Waals surface area contributed by atoms with Crippen molar-refractivity contribution in [3.63, 3.8) is 0 Å². The number of nitrogens with two attached hydrogens (primary N) is 1. The smallest absolute Gasteiger partial charge is 0.221 e. The number of anilines is 2. The van der Waals surface area contributed by atoms with Gasteiger partial charge in [-0.25, -0.2) is 4.98 Å². The van der Waals surface area contributed by atoms with Gasteiger partial charge in [-0.1, -0.05) is 0 Å². The van der Waals surface area contributed by atoms with Crippen LogP contribution in [-0.4, -0.2) is 23.1 Å². The number of aromatic nitrogens is 2. The number of rotatable bonds is 2. The maximum absolute atomic E-state index is 5.51. The van der Waals surface area contributed by atoms with Crippen LogP contribution in [0.3, 0.4) is 0 Å². The van der Waals surface area contributed by atoms with Crippen LogP contribution in [0.1, 0.15) is 19.3 Å². The van der Waals surface area contributed by atoms with Crippen LogP contribution in [0.5, 0.6) is 0 Å². The number of hydrogen-bond donors (Lipinski definition) is 1. The molecule has 0 amide bonds. The Morgan fingerprint density at radius 3 is 2.85 bits per heavy atom. The summed E-state index contributed by atoms with van der Waals surface area (Å²) in [6.07, 6.45) is 5.56. The molecule has 0 atom stereocenters. The lowest BCUT2D eigenvalue weighted by atomic mass is 9.92. The molecule has 2 N–H and O–H groups in total. The van der Waals surface area contributed by atoms with E-state index in [1.165, 1.54) is 19.3 Å². The Kier molecular flexibility index (Phi) is 2.04. The Labute approximate surface area is 77.8 Å². The van der Waals surface area contributed by atoms with Crippen molar-refractivity contribution in [1.29, 1.82) is 0 Å². The van der Waals surface area contributed by atoms with Gasteiger partial charge in [-0.05, 0) is 25.3 Å². The van der Waals surface area contributed by atoms with Crippen molar-refractivity contribution in [3.05, 3.63) is 12.3 Å². The van der Waals surface area contributed by atoms with Crippen LogP contribution in [0.25, 0.3) is 0 Å². The topological polar surface area (TPSA) is 55.0 Å². The van der Waals surface area contributed by atoms with E-state index in [2.05, 4.69) is 21.9 Å². The summed E-state index contributed by atoms with van der Waals surface area (Å²) in [7, 11) is 2.06. The molecule has 4 nitrogen and oxygen atoms in total. The van der Waals surface area contributed by atoms with Gasteiger partial charge < -0.3 is 10.6 Å². The van der Waals surface area contributed by atoms with E-state index in [1.54, 1.807) is 6.20 Å². The fourth-order valence-corrected chi connectivity index (χ4v) is 1.52. The van der Waals surface area contributed by atoms with E-state index in [0.717, 1.165) is 5.82 Å². The Morgan fingerprint density at radius 2 is 2.31 bits per heavy atom. The van der Waals surface area contributed by atoms with Crippen molar-refractivity contribution in [2.45, 2.75) is 25.3 Å². The molecule has 13 heavy (non-hydrogen) atoms. The third-order valence-electron chi connectivity index (χ3n) is 2.64. The zero-order chi connectivity index (χ0) is 9.26. The highest BCUT2D eigenvalue weighted by Gasteiger charge is 2.22. The van der Waals surface area contributed by atoms with Crippen molar-refractivity contribution in [2.24, 2.45) is 0 Å². The zero-order valence-electron chi connectivity index (χ0n) is 7.77. The molecule has 1 heterocycles. The van der Waals surface area contributed by atoms with E-state index in [0.29, 0.717) is 12.0 Å². The summed E-state index contributed by atoms with van der Waals surface area (Å²) in [5, 5.41) is 0. The molecule has 1 fully saturated rings. The van der Waals surface area contributed by atoms with E-state index in [9.17, 15) is 0 Å². The standard InChI is InChI=1S/C9H14N4/c1-13(7-3-2-4-7)8-5-6-11-9(10)12-8/h5-7H,2-4H2,1H3,(H2,10,11,12). The lowest BCUT2D eigenvalue weighted by Gasteiger charge is -2.35. The molecule has 0 aromatic carbocycles. The molecule has 70 valence electrons. The maximum Gasteiger partial charge on any atom is 0.221 e. The minimum atomic E-state index is 0.351. The predicted molar refractivity (Wildman–Crippen MR) is 52.5 cm³/mol. The minimum Gasteiger partial charge on any atom is -0.368 e. The third-order valence-corrected chi connectivity index (χ3v) is 2.64. The normalized spacial score (nSPS) is 16.7. The molecule has 0 spiro atoms. The highest BCUT2D eigenvalue weighted by Crippen LogP contribution is 2.26. The van der Waals surface area contributed by atoms with Crippen LogP contribution in [-0.2, 0) is 0 Å². The van der Waals surface area contributed by atoms with Crippen LogP contribution >= 0.6 is 0 Å². The molecule has 2 rings (SSSR count). The largest absolute Gasteiger partial charge is 0.368 e. The van der Waals surface area contributed by atoms with Gasteiger partial charge in [0.2, 0.25) is 5.95 Å². The summed E-state index contributed by atoms with van der Waals surface area (Å²) >= 11 is 0. The van der Waals surface area contributed by atoms with Crippen LogP contribution in [0.15, 0.2) is 12.3 Å². The van der Waals surface area contributed by atoms with Crippen LogP contribution in [0.2, 0.25) is 0 Å². The summed E-state index contributed by atoms with van der Waals surface area (Å²) in [6.45, 7) is 0. The average molecular weight is 178 g/mol. The summed E-state index contributed by atoms with van der Waals surface area (Å²) in [5.74, 6) is 1.28. The molecule has 0 unspecified atom stereocenters. The third kappa shape index (κ3) is 1.56. The lowest BCUT2D eigenvalue weighted by molar-refractivity contribution is 0.399. The quantitative estimate of drug-likeness (QED) is 0.735. The van der Waals surface area contributed by atoms with Gasteiger partial charge in [0.1, 0.15) is 5.82 Å². The Hall–Kier alpha value is -1.32. The van der Waals surface area contributed by atoms with Crippen molar-refractivity contribution in [2.75, 3.05) is 17.7 Å². The van der Waals surface area contributed by atoms with E-state index in [-0.39, 0.29) is 0 Å². The molecule has 0 aliphatic heterocycles. The molecule has 1 saturated carbocycles. The first-order chi connectivity index (χ1) is 6.27. The molecule has 1 aromatic heterocycles. The fraction of sp³-hybridized carbons (Fsp3) is 0.556. The molecular formula is C9H14N4. The first-order valence-electron chi connectivity index (χ1n) is 4.59. The average Bonchev–Trinajstić information content (AvgIpc) is 2.01. The molecule has 4 heteroatoms. The van der Waals surface area contributed by atoms with Gasteiger partial charge in [0.05, 0.1) is 0 Å². The van der Waals surface area contributed by atoms with Gasteiger partial charge in [0.15, 0.2) is 0 Å². The van der Waals surface area contributed by atoms with Crippen molar-refractivity contribution >= 4 is 11.8 Å². The van der Waals surface area contributed by atoms with Crippen LogP contribution in [0.4, 0.5) is 11.8 Å². The van der Waals surface area contributed by atoms with Gasteiger partial charge in [-0.3, -0.25) is 0 Å². The molecule has 1 aliphatic rings. The van der Waals surface area contributed by atoms with Gasteiger partial charge >= 0.3 is 0 Å². The molecule has 1 aliphatic carbocycles. The predicted octanol–water partition coefficient (Wildman–Crippen LogP) is 1.05. The summed E-state index contributed by atoms with van der Waals surface area (Å²) in [5.41, 5.74) is 5.51. The van der Waals surface area contributed by atoms with Gasteiger partial charge in [-0.15, -0.1) is 0 Å². The Balaban J connectivity index is 2.14. The lowest BCUT2D eigenvalue weighted by Crippen LogP contribution is -2.37. The second-order valence-corrected chi connectivity index (χ2v) is 3.47. The highest BCUT2D eigenvalue weighted by molar-refractivity contribution is 5.41. The minimum absolute atomic E-state index is 0.351. The monoisotopic (exact) mass is 178 g/mol. The molecule has 1 aromatic rings. The molecule has 0 saturated heterocycles. The van der Waals surface area contributed by atoms with Gasteiger partial charge in [0, 0.05) is 19.3 Å². The van der Waals surface area contributed by atoms with E-state index in [4.69, 9.17) is 5.73 Å². The number of hydrogen-bond acceptors (Lipinski definition) is 4. The van der Waals surface area contributed by atoms with Crippen LogP contribution in [0, 0.1) is 0 Å². The number of nitrogens with zero attached hydrogens (tertiary/aromatic N) is 3. The second-order valence-electron chi connectivity index (χ2n) is 3.47. The van der Waals surface area contributed by atoms with E-state index < -0.39 is 0 Å². The van der Waals surface area contributed by atoms with Crippen molar-refractivity contribution < 1.29 is 0 Å². The van der Waals surface area contributed by atoms with E-state index >= 15 is 0 Å². The van der Waals surface area contributed by atoms with Crippen molar-refractivity contribution in [1.82, 2.24) is 9.97 Å². The Bertz CT molecular complexity index is 295. The fourth-order valence-electron chi connectivity index (χ4n) is 1.52. The zero-order valence-corrected chi connectivity index (χ0v) is 7.77. The summed E-state index contributed by atoms with van der Waals surface area (Å²) in [6, 6.07) is 2.54. The van der Waals surface area contributed by atoms with E-state index in [1.807, 2.05) is 6.07 Å². The Morgan fingerprint density at radius 1 is 1.54 bits per heavy atom. The summed E-state index contributed by atoms with van der Waals surface area (Å²) < 4.78 is 0. The van der Waals surface area contributed by atoms with Crippen molar-refractivity contribution in [3.8, 4) is 0 Å². The maximum atomic E-state index is 5.51. The molecule has 0 radical (unpaired) electrons. The SMILES string of the molecule is CN(c1ccnc(N)n1)C1CCC1. The number of nitrogen functional groups attached to an aromatic ring is 1. The second kappa shape index (κ2) is 3.20. The summed E-state index contributed by atoms with van der Waals surface area (Å²) in [4.78, 5) is 10.2.